The highest BCUT2D eigenvalue weighted by Gasteiger charge is 2.17. The quantitative estimate of drug-likeness (QED) is 0.481. The standard InChI is InChI=1S/C25H28N2O5S/c1-4-31-22-12-10-21(11-13-22)26-33(29,30)23-14-15-24(19(2)16-23)32-18-25(28)27(3)17-20-8-6-5-7-9-20/h5-16,26H,4,17-18H2,1-3H3. The summed E-state index contributed by atoms with van der Waals surface area (Å²) in [5, 5.41) is 0. The molecule has 0 saturated carbocycles. The Balaban J connectivity index is 1.61. The molecule has 0 aromatic heterocycles. The molecule has 0 aliphatic rings. The van der Waals surface area contributed by atoms with Crippen LogP contribution in [-0.2, 0) is 21.4 Å². The number of sulfonamides is 1. The molecule has 0 radical (unpaired) electrons. The van der Waals surface area contributed by atoms with Gasteiger partial charge in [0.25, 0.3) is 15.9 Å². The van der Waals surface area contributed by atoms with E-state index in [4.69, 9.17) is 9.47 Å². The third-order valence-corrected chi connectivity index (χ3v) is 6.29. The van der Waals surface area contributed by atoms with Crippen molar-refractivity contribution in [2.45, 2.75) is 25.3 Å². The molecule has 1 N–H and O–H groups in total. The van der Waals surface area contributed by atoms with E-state index in [2.05, 4.69) is 4.72 Å². The molecule has 8 heteroatoms. The van der Waals surface area contributed by atoms with Crippen molar-refractivity contribution >= 4 is 21.6 Å². The maximum atomic E-state index is 12.8. The van der Waals surface area contributed by atoms with E-state index in [0.29, 0.717) is 35.9 Å². The van der Waals surface area contributed by atoms with Gasteiger partial charge in [0.2, 0.25) is 0 Å². The lowest BCUT2D eigenvalue weighted by molar-refractivity contribution is -0.132. The first-order valence-corrected chi connectivity index (χ1v) is 12.0. The number of carbonyl (C=O) groups excluding carboxylic acids is 1. The molecule has 3 rings (SSSR count). The summed E-state index contributed by atoms with van der Waals surface area (Å²) in [6, 6.07) is 20.9. The van der Waals surface area contributed by atoms with Crippen LogP contribution in [0.3, 0.4) is 0 Å². The lowest BCUT2D eigenvalue weighted by Gasteiger charge is -2.18. The van der Waals surface area contributed by atoms with Gasteiger partial charge in [-0.2, -0.15) is 0 Å². The van der Waals surface area contributed by atoms with E-state index in [1.165, 1.54) is 12.1 Å². The maximum Gasteiger partial charge on any atom is 0.261 e. The Kier molecular flexibility index (Phi) is 7.95. The zero-order valence-electron chi connectivity index (χ0n) is 18.9. The summed E-state index contributed by atoms with van der Waals surface area (Å²) in [6.07, 6.45) is 0. The predicted molar refractivity (Wildman–Crippen MR) is 128 cm³/mol. The number of rotatable bonds is 10. The molecule has 174 valence electrons. The maximum absolute atomic E-state index is 12.8. The van der Waals surface area contributed by atoms with Gasteiger partial charge in [-0.05, 0) is 67.4 Å². The summed E-state index contributed by atoms with van der Waals surface area (Å²) >= 11 is 0. The van der Waals surface area contributed by atoms with Gasteiger partial charge in [-0.15, -0.1) is 0 Å². The normalized spacial score (nSPS) is 11.0. The van der Waals surface area contributed by atoms with Crippen molar-refractivity contribution in [2.75, 3.05) is 25.0 Å². The molecule has 7 nitrogen and oxygen atoms in total. The highest BCUT2D eigenvalue weighted by molar-refractivity contribution is 7.92. The molecule has 0 unspecified atom stereocenters. The summed E-state index contributed by atoms with van der Waals surface area (Å²) < 4.78 is 39.1. The number of aryl methyl sites for hydroxylation is 1. The Morgan fingerprint density at radius 3 is 2.30 bits per heavy atom. The Morgan fingerprint density at radius 2 is 1.67 bits per heavy atom. The summed E-state index contributed by atoms with van der Waals surface area (Å²) in [7, 11) is -2.06. The second-order valence-corrected chi connectivity index (χ2v) is 9.20. The van der Waals surface area contributed by atoms with Crippen LogP contribution in [0.2, 0.25) is 0 Å². The summed E-state index contributed by atoms with van der Waals surface area (Å²) in [5.41, 5.74) is 2.07. The van der Waals surface area contributed by atoms with Crippen molar-refractivity contribution in [3.8, 4) is 11.5 Å². The van der Waals surface area contributed by atoms with Gasteiger partial charge < -0.3 is 14.4 Å². The smallest absolute Gasteiger partial charge is 0.261 e. The number of benzene rings is 3. The lowest BCUT2D eigenvalue weighted by Crippen LogP contribution is -2.31. The van der Waals surface area contributed by atoms with Crippen molar-refractivity contribution < 1.29 is 22.7 Å². The fourth-order valence-electron chi connectivity index (χ4n) is 3.15. The summed E-state index contributed by atoms with van der Waals surface area (Å²) in [6.45, 7) is 4.50. The molecular formula is C25H28N2O5S. The highest BCUT2D eigenvalue weighted by Crippen LogP contribution is 2.24. The van der Waals surface area contributed by atoms with Gasteiger partial charge in [-0.25, -0.2) is 8.42 Å². The zero-order chi connectivity index (χ0) is 23.8. The first-order chi connectivity index (χ1) is 15.8. The Hall–Kier alpha value is -3.52. The first kappa shape index (κ1) is 24.1. The number of ether oxygens (including phenoxy) is 2. The monoisotopic (exact) mass is 468 g/mol. The van der Waals surface area contributed by atoms with Crippen LogP contribution in [-0.4, -0.2) is 39.5 Å². The van der Waals surface area contributed by atoms with Gasteiger partial charge in [0.1, 0.15) is 11.5 Å². The van der Waals surface area contributed by atoms with E-state index >= 15 is 0 Å². The third kappa shape index (κ3) is 6.73. The number of hydrogen-bond acceptors (Lipinski definition) is 5. The molecule has 0 saturated heterocycles. The lowest BCUT2D eigenvalue weighted by atomic mass is 10.2. The second-order valence-electron chi connectivity index (χ2n) is 7.51. The van der Waals surface area contributed by atoms with Crippen LogP contribution in [0.25, 0.3) is 0 Å². The van der Waals surface area contributed by atoms with Crippen LogP contribution >= 0.6 is 0 Å². The topological polar surface area (TPSA) is 84.9 Å². The van der Waals surface area contributed by atoms with Crippen molar-refractivity contribution in [3.05, 3.63) is 83.9 Å². The van der Waals surface area contributed by atoms with Gasteiger partial charge in [0.15, 0.2) is 6.61 Å². The average Bonchev–Trinajstić information content (AvgIpc) is 2.80. The molecule has 33 heavy (non-hydrogen) atoms. The molecule has 3 aromatic carbocycles. The number of carbonyl (C=O) groups is 1. The fourth-order valence-corrected chi connectivity index (χ4v) is 4.29. The van der Waals surface area contributed by atoms with Gasteiger partial charge in [-0.1, -0.05) is 30.3 Å². The summed E-state index contributed by atoms with van der Waals surface area (Å²) in [5.74, 6) is 0.949. The molecule has 1 amide bonds. The Morgan fingerprint density at radius 1 is 0.970 bits per heavy atom. The Labute approximate surface area is 195 Å². The van der Waals surface area contributed by atoms with E-state index in [9.17, 15) is 13.2 Å². The molecule has 0 aliphatic carbocycles. The average molecular weight is 469 g/mol. The van der Waals surface area contributed by atoms with E-state index in [0.717, 1.165) is 5.56 Å². The molecule has 0 fully saturated rings. The van der Waals surface area contributed by atoms with E-state index in [-0.39, 0.29) is 17.4 Å². The SMILES string of the molecule is CCOc1ccc(NS(=O)(=O)c2ccc(OCC(=O)N(C)Cc3ccccc3)c(C)c2)cc1. The fraction of sp³-hybridized carbons (Fsp3) is 0.240. The number of amides is 1. The summed E-state index contributed by atoms with van der Waals surface area (Å²) in [4.78, 5) is 14.1. The van der Waals surface area contributed by atoms with Crippen LogP contribution in [0.4, 0.5) is 5.69 Å². The second kappa shape index (κ2) is 10.9. The Bertz CT molecular complexity index is 1180. The number of anilines is 1. The molecule has 0 aliphatic heterocycles. The first-order valence-electron chi connectivity index (χ1n) is 10.6. The molecule has 0 spiro atoms. The molecule has 3 aromatic rings. The van der Waals surface area contributed by atoms with Gasteiger partial charge in [0, 0.05) is 19.3 Å². The molecule has 0 bridgehead atoms. The molecule has 0 heterocycles. The van der Waals surface area contributed by atoms with Crippen LogP contribution in [0.15, 0.2) is 77.7 Å². The van der Waals surface area contributed by atoms with E-state index in [1.807, 2.05) is 37.3 Å². The largest absolute Gasteiger partial charge is 0.494 e. The number of nitrogens with one attached hydrogen (secondary N) is 1. The van der Waals surface area contributed by atoms with Crippen molar-refractivity contribution in [3.63, 3.8) is 0 Å². The number of hydrogen-bond donors (Lipinski definition) is 1. The van der Waals surface area contributed by atoms with E-state index in [1.54, 1.807) is 49.2 Å². The molecule has 0 atom stereocenters. The predicted octanol–water partition coefficient (Wildman–Crippen LogP) is 4.23. The van der Waals surface area contributed by atoms with Crippen LogP contribution in [0, 0.1) is 6.92 Å². The minimum Gasteiger partial charge on any atom is -0.494 e. The van der Waals surface area contributed by atoms with Crippen LogP contribution in [0.5, 0.6) is 11.5 Å². The minimum absolute atomic E-state index is 0.105. The van der Waals surface area contributed by atoms with Gasteiger partial charge in [-0.3, -0.25) is 9.52 Å². The van der Waals surface area contributed by atoms with Crippen LogP contribution in [0.1, 0.15) is 18.1 Å². The van der Waals surface area contributed by atoms with E-state index < -0.39 is 10.0 Å². The highest BCUT2D eigenvalue weighted by atomic mass is 32.2. The third-order valence-electron chi connectivity index (χ3n) is 4.91. The number of likely N-dealkylation sites (N-methyl/N-ethyl adjacent to an activating group) is 1. The minimum atomic E-state index is -3.78. The van der Waals surface area contributed by atoms with Crippen molar-refractivity contribution in [1.29, 1.82) is 0 Å². The van der Waals surface area contributed by atoms with Crippen molar-refractivity contribution in [2.24, 2.45) is 0 Å². The van der Waals surface area contributed by atoms with Crippen molar-refractivity contribution in [1.82, 2.24) is 4.90 Å². The molecular weight excluding hydrogens is 440 g/mol. The zero-order valence-corrected chi connectivity index (χ0v) is 19.8. The number of nitrogens with zero attached hydrogens (tertiary/aromatic N) is 1. The van der Waals surface area contributed by atoms with Gasteiger partial charge in [0.05, 0.1) is 11.5 Å². The van der Waals surface area contributed by atoms with Gasteiger partial charge >= 0.3 is 0 Å². The van der Waals surface area contributed by atoms with Crippen LogP contribution < -0.4 is 14.2 Å².